The van der Waals surface area contributed by atoms with Crippen LogP contribution in [-0.2, 0) is 6.42 Å². The van der Waals surface area contributed by atoms with Crippen LogP contribution in [0.5, 0.6) is 0 Å². The molecule has 1 aromatic heterocycles. The van der Waals surface area contributed by atoms with Gasteiger partial charge in [0.15, 0.2) is 0 Å². The molecule has 2 aromatic rings. The van der Waals surface area contributed by atoms with E-state index in [0.717, 1.165) is 19.4 Å². The fraction of sp³-hybridized carbons (Fsp3) is 0.389. The normalized spacial score (nSPS) is 12.3. The van der Waals surface area contributed by atoms with Crippen LogP contribution >= 0.6 is 0 Å². The van der Waals surface area contributed by atoms with E-state index in [0.29, 0.717) is 6.04 Å². The Bertz CT molecular complexity index is 531. The minimum absolute atomic E-state index is 0.339. The van der Waals surface area contributed by atoms with E-state index in [2.05, 4.69) is 61.4 Å². The van der Waals surface area contributed by atoms with Crippen molar-refractivity contribution in [2.75, 3.05) is 6.54 Å². The maximum Gasteiger partial charge on any atom is 0.0378 e. The van der Waals surface area contributed by atoms with Gasteiger partial charge in [-0.25, -0.2) is 0 Å². The summed E-state index contributed by atoms with van der Waals surface area (Å²) in [5.74, 6) is 0. The van der Waals surface area contributed by atoms with E-state index in [1.165, 1.54) is 22.3 Å². The summed E-state index contributed by atoms with van der Waals surface area (Å²) in [7, 11) is 0. The van der Waals surface area contributed by atoms with Crippen molar-refractivity contribution >= 4 is 0 Å². The first kappa shape index (κ1) is 14.7. The van der Waals surface area contributed by atoms with Crippen molar-refractivity contribution in [3.63, 3.8) is 0 Å². The Balaban J connectivity index is 2.19. The minimum Gasteiger partial charge on any atom is -0.310 e. The number of aromatic nitrogens is 1. The van der Waals surface area contributed by atoms with E-state index in [1.807, 2.05) is 12.4 Å². The second kappa shape index (κ2) is 7.20. The zero-order valence-corrected chi connectivity index (χ0v) is 12.7. The van der Waals surface area contributed by atoms with Crippen LogP contribution < -0.4 is 5.32 Å². The van der Waals surface area contributed by atoms with Crippen molar-refractivity contribution in [2.45, 2.75) is 39.7 Å². The number of rotatable bonds is 6. The summed E-state index contributed by atoms with van der Waals surface area (Å²) >= 11 is 0. The smallest absolute Gasteiger partial charge is 0.0378 e. The Kier molecular flexibility index (Phi) is 5.31. The highest BCUT2D eigenvalue weighted by molar-refractivity contribution is 5.29. The third-order valence-corrected chi connectivity index (χ3v) is 3.66. The fourth-order valence-corrected chi connectivity index (χ4v) is 2.41. The number of nitrogens with zero attached hydrogens (tertiary/aromatic N) is 1. The average Bonchev–Trinajstić information content (AvgIpc) is 2.46. The lowest BCUT2D eigenvalue weighted by atomic mass is 9.96. The summed E-state index contributed by atoms with van der Waals surface area (Å²) in [6.45, 7) is 7.52. The molecule has 0 saturated heterocycles. The zero-order chi connectivity index (χ0) is 14.4. The highest BCUT2D eigenvalue weighted by Crippen LogP contribution is 2.21. The van der Waals surface area contributed by atoms with Gasteiger partial charge in [0.05, 0.1) is 0 Å². The number of benzene rings is 1. The predicted octanol–water partition coefficient (Wildman–Crippen LogP) is 3.98. The number of pyridine rings is 1. The molecule has 2 heteroatoms. The van der Waals surface area contributed by atoms with Gasteiger partial charge in [0.25, 0.3) is 0 Å². The van der Waals surface area contributed by atoms with Gasteiger partial charge in [-0.15, -0.1) is 0 Å². The van der Waals surface area contributed by atoms with Crippen LogP contribution in [-0.4, -0.2) is 11.5 Å². The second-order valence-corrected chi connectivity index (χ2v) is 5.43. The zero-order valence-electron chi connectivity index (χ0n) is 12.7. The van der Waals surface area contributed by atoms with Gasteiger partial charge in [0.1, 0.15) is 0 Å². The third kappa shape index (κ3) is 3.91. The minimum atomic E-state index is 0.339. The molecule has 1 atom stereocenters. The van der Waals surface area contributed by atoms with E-state index in [9.17, 15) is 0 Å². The lowest BCUT2D eigenvalue weighted by molar-refractivity contribution is 0.525. The van der Waals surface area contributed by atoms with Crippen molar-refractivity contribution in [2.24, 2.45) is 0 Å². The molecule has 0 saturated carbocycles. The molecule has 1 heterocycles. The van der Waals surface area contributed by atoms with Crippen molar-refractivity contribution < 1.29 is 0 Å². The number of aryl methyl sites for hydroxylation is 2. The molecule has 0 aliphatic rings. The molecule has 2 nitrogen and oxygen atoms in total. The Morgan fingerprint density at radius 3 is 2.50 bits per heavy atom. The fourth-order valence-electron chi connectivity index (χ4n) is 2.41. The molecular formula is C18H24N2. The molecule has 0 spiro atoms. The van der Waals surface area contributed by atoms with Gasteiger partial charge in [-0.2, -0.15) is 0 Å². The molecule has 1 unspecified atom stereocenters. The molecule has 1 aromatic carbocycles. The standard InChI is InChI=1S/C18H24N2/c1-4-10-20-18(17-13-19-11-9-15(17)3)12-16-7-5-14(2)6-8-16/h5-9,11,13,18,20H,4,10,12H2,1-3H3. The van der Waals surface area contributed by atoms with E-state index < -0.39 is 0 Å². The van der Waals surface area contributed by atoms with Gasteiger partial charge >= 0.3 is 0 Å². The molecule has 0 radical (unpaired) electrons. The summed E-state index contributed by atoms with van der Waals surface area (Å²) in [6, 6.07) is 11.2. The van der Waals surface area contributed by atoms with Crippen LogP contribution in [0.2, 0.25) is 0 Å². The molecular weight excluding hydrogens is 244 g/mol. The highest BCUT2D eigenvalue weighted by Gasteiger charge is 2.13. The predicted molar refractivity (Wildman–Crippen MR) is 84.9 cm³/mol. The van der Waals surface area contributed by atoms with Gasteiger partial charge in [0, 0.05) is 18.4 Å². The monoisotopic (exact) mass is 268 g/mol. The van der Waals surface area contributed by atoms with Crippen LogP contribution in [0.4, 0.5) is 0 Å². The van der Waals surface area contributed by atoms with E-state index >= 15 is 0 Å². The Morgan fingerprint density at radius 1 is 1.10 bits per heavy atom. The Morgan fingerprint density at radius 2 is 1.85 bits per heavy atom. The summed E-state index contributed by atoms with van der Waals surface area (Å²) < 4.78 is 0. The van der Waals surface area contributed by atoms with Crippen LogP contribution in [0.25, 0.3) is 0 Å². The topological polar surface area (TPSA) is 24.9 Å². The molecule has 20 heavy (non-hydrogen) atoms. The van der Waals surface area contributed by atoms with Gasteiger partial charge in [0.2, 0.25) is 0 Å². The molecule has 106 valence electrons. The number of hydrogen-bond acceptors (Lipinski definition) is 2. The van der Waals surface area contributed by atoms with Crippen LogP contribution in [0.15, 0.2) is 42.7 Å². The van der Waals surface area contributed by atoms with E-state index in [1.54, 1.807) is 0 Å². The summed E-state index contributed by atoms with van der Waals surface area (Å²) in [4.78, 5) is 4.29. The molecule has 0 bridgehead atoms. The summed E-state index contributed by atoms with van der Waals surface area (Å²) in [5.41, 5.74) is 5.29. The van der Waals surface area contributed by atoms with Gasteiger partial charge in [-0.05, 0) is 56.0 Å². The number of nitrogens with one attached hydrogen (secondary N) is 1. The lowest BCUT2D eigenvalue weighted by Gasteiger charge is -2.20. The second-order valence-electron chi connectivity index (χ2n) is 5.43. The van der Waals surface area contributed by atoms with Crippen LogP contribution in [0.3, 0.4) is 0 Å². The maximum absolute atomic E-state index is 4.29. The van der Waals surface area contributed by atoms with Crippen molar-refractivity contribution in [3.8, 4) is 0 Å². The first-order valence-electron chi connectivity index (χ1n) is 7.40. The van der Waals surface area contributed by atoms with Gasteiger partial charge < -0.3 is 5.32 Å². The molecule has 2 rings (SSSR count). The van der Waals surface area contributed by atoms with Crippen LogP contribution in [0, 0.1) is 13.8 Å². The largest absolute Gasteiger partial charge is 0.310 e. The quantitative estimate of drug-likeness (QED) is 0.857. The first-order valence-corrected chi connectivity index (χ1v) is 7.40. The lowest BCUT2D eigenvalue weighted by Crippen LogP contribution is -2.25. The van der Waals surface area contributed by atoms with E-state index in [-0.39, 0.29) is 0 Å². The van der Waals surface area contributed by atoms with Gasteiger partial charge in [-0.3, -0.25) is 4.98 Å². The molecule has 0 amide bonds. The summed E-state index contributed by atoms with van der Waals surface area (Å²) in [6.07, 6.45) is 6.01. The third-order valence-electron chi connectivity index (χ3n) is 3.66. The van der Waals surface area contributed by atoms with E-state index in [4.69, 9.17) is 0 Å². The SMILES string of the molecule is CCCNC(Cc1ccc(C)cc1)c1cnccc1C. The maximum atomic E-state index is 4.29. The molecule has 1 N–H and O–H groups in total. The summed E-state index contributed by atoms with van der Waals surface area (Å²) in [5, 5.41) is 3.65. The first-order chi connectivity index (χ1) is 9.70. The number of hydrogen-bond donors (Lipinski definition) is 1. The molecule has 0 fully saturated rings. The highest BCUT2D eigenvalue weighted by atomic mass is 14.9. The Hall–Kier alpha value is -1.67. The van der Waals surface area contributed by atoms with Gasteiger partial charge in [-0.1, -0.05) is 36.8 Å². The van der Waals surface area contributed by atoms with Crippen LogP contribution in [0.1, 0.15) is 41.6 Å². The van der Waals surface area contributed by atoms with Crippen molar-refractivity contribution in [3.05, 3.63) is 65.0 Å². The molecule has 0 aliphatic heterocycles. The van der Waals surface area contributed by atoms with Crippen molar-refractivity contribution in [1.29, 1.82) is 0 Å². The Labute approximate surface area is 122 Å². The average molecular weight is 268 g/mol. The van der Waals surface area contributed by atoms with Crippen molar-refractivity contribution in [1.82, 2.24) is 10.3 Å². The molecule has 0 aliphatic carbocycles.